The molecule has 6 heteroatoms. The van der Waals surface area contributed by atoms with Crippen LogP contribution >= 0.6 is 11.6 Å². The molecular formula is C27H28ClN3O2. The maximum Gasteiger partial charge on any atom is 0.254 e. The smallest absolute Gasteiger partial charge is 0.254 e. The van der Waals surface area contributed by atoms with Crippen LogP contribution < -0.4 is 4.74 Å². The van der Waals surface area contributed by atoms with Gasteiger partial charge in [0.15, 0.2) is 0 Å². The molecule has 4 aromatic rings. The Labute approximate surface area is 199 Å². The van der Waals surface area contributed by atoms with Crippen molar-refractivity contribution >= 4 is 28.5 Å². The summed E-state index contributed by atoms with van der Waals surface area (Å²) in [6.07, 6.45) is 0.847. The van der Waals surface area contributed by atoms with Crippen LogP contribution in [0.2, 0.25) is 5.02 Å². The van der Waals surface area contributed by atoms with Gasteiger partial charge < -0.3 is 9.64 Å². The molecule has 0 aliphatic rings. The van der Waals surface area contributed by atoms with E-state index in [2.05, 4.69) is 17.6 Å². The lowest BCUT2D eigenvalue weighted by Crippen LogP contribution is -2.33. The molecule has 1 amide bonds. The van der Waals surface area contributed by atoms with E-state index in [1.807, 2.05) is 73.3 Å². The van der Waals surface area contributed by atoms with E-state index in [-0.39, 0.29) is 5.91 Å². The number of fused-ring (bicyclic) bond motifs is 1. The summed E-state index contributed by atoms with van der Waals surface area (Å²) in [6.45, 7) is 6.97. The lowest BCUT2D eigenvalue weighted by Gasteiger charge is -2.24. The van der Waals surface area contributed by atoms with Gasteiger partial charge in [-0.15, -0.1) is 0 Å². The average molecular weight is 462 g/mol. The number of ether oxygens (including phenoxy) is 1. The molecule has 0 fully saturated rings. The Morgan fingerprint density at radius 3 is 2.36 bits per heavy atom. The number of benzene rings is 3. The first-order valence-electron chi connectivity index (χ1n) is 11.1. The van der Waals surface area contributed by atoms with Gasteiger partial charge in [0.2, 0.25) is 0 Å². The number of para-hydroxylation sites is 2. The second-order valence-electron chi connectivity index (χ2n) is 8.19. The molecule has 5 nitrogen and oxygen atoms in total. The van der Waals surface area contributed by atoms with E-state index in [0.717, 1.165) is 45.8 Å². The number of carbonyl (C=O) groups excluding carboxylic acids is 1. The van der Waals surface area contributed by atoms with Gasteiger partial charge in [-0.1, -0.05) is 30.7 Å². The highest BCUT2D eigenvalue weighted by atomic mass is 35.5. The monoisotopic (exact) mass is 461 g/mol. The molecule has 0 aliphatic heterocycles. The van der Waals surface area contributed by atoms with Crippen molar-refractivity contribution < 1.29 is 9.53 Å². The minimum atomic E-state index is -0.00291. The van der Waals surface area contributed by atoms with Crippen molar-refractivity contribution in [2.45, 2.75) is 33.7 Å². The molecule has 0 saturated carbocycles. The van der Waals surface area contributed by atoms with E-state index in [1.165, 1.54) is 0 Å². The fraction of sp³-hybridized carbons (Fsp3) is 0.259. The number of amides is 1. The van der Waals surface area contributed by atoms with Crippen LogP contribution in [0.1, 0.15) is 40.7 Å². The summed E-state index contributed by atoms with van der Waals surface area (Å²) in [5.41, 5.74) is 5.35. The minimum absolute atomic E-state index is 0.00291. The van der Waals surface area contributed by atoms with Crippen molar-refractivity contribution in [3.63, 3.8) is 0 Å². The maximum absolute atomic E-state index is 13.7. The third-order valence-electron chi connectivity index (χ3n) is 5.79. The van der Waals surface area contributed by atoms with Crippen molar-refractivity contribution in [3.05, 3.63) is 88.2 Å². The first kappa shape index (κ1) is 22.9. The highest BCUT2D eigenvalue weighted by Crippen LogP contribution is 2.26. The molecule has 0 N–H and O–H groups in total. The molecule has 0 saturated heterocycles. The van der Waals surface area contributed by atoms with E-state index >= 15 is 0 Å². The van der Waals surface area contributed by atoms with Gasteiger partial charge in [-0.3, -0.25) is 9.36 Å². The molecule has 0 spiro atoms. The van der Waals surface area contributed by atoms with Crippen LogP contribution in [0.3, 0.4) is 0 Å². The third kappa shape index (κ3) is 4.60. The number of carbonyl (C=O) groups is 1. The molecule has 0 unspecified atom stereocenters. The van der Waals surface area contributed by atoms with E-state index in [0.29, 0.717) is 23.7 Å². The van der Waals surface area contributed by atoms with Gasteiger partial charge in [-0.25, -0.2) is 4.98 Å². The Morgan fingerprint density at radius 2 is 1.73 bits per heavy atom. The molecule has 1 aromatic heterocycles. The molecule has 0 radical (unpaired) electrons. The van der Waals surface area contributed by atoms with Crippen molar-refractivity contribution in [1.82, 2.24) is 14.5 Å². The van der Waals surface area contributed by atoms with E-state index < -0.39 is 0 Å². The molecule has 4 rings (SSSR count). The number of hydrogen-bond donors (Lipinski definition) is 0. The van der Waals surface area contributed by atoms with Crippen LogP contribution in [-0.2, 0) is 6.54 Å². The van der Waals surface area contributed by atoms with Crippen LogP contribution in [-0.4, -0.2) is 34.0 Å². The number of halogens is 1. The fourth-order valence-electron chi connectivity index (χ4n) is 4.30. The second-order valence-corrected chi connectivity index (χ2v) is 8.63. The molecule has 170 valence electrons. The summed E-state index contributed by atoms with van der Waals surface area (Å²) in [5.74, 6) is 1.60. The molecule has 1 heterocycles. The lowest BCUT2D eigenvalue weighted by molar-refractivity contribution is 0.0737. The predicted molar refractivity (Wildman–Crippen MR) is 134 cm³/mol. The number of aryl methyl sites for hydroxylation is 2. The van der Waals surface area contributed by atoms with Gasteiger partial charge in [-0.2, -0.15) is 0 Å². The zero-order valence-corrected chi connectivity index (χ0v) is 20.2. The van der Waals surface area contributed by atoms with Crippen molar-refractivity contribution in [3.8, 4) is 11.4 Å². The summed E-state index contributed by atoms with van der Waals surface area (Å²) in [6, 6.07) is 19.6. The highest BCUT2D eigenvalue weighted by Gasteiger charge is 2.23. The van der Waals surface area contributed by atoms with E-state index in [1.54, 1.807) is 7.11 Å². The Morgan fingerprint density at radius 1 is 1.06 bits per heavy atom. The van der Waals surface area contributed by atoms with Crippen molar-refractivity contribution in [2.24, 2.45) is 0 Å². The molecule has 33 heavy (non-hydrogen) atoms. The number of aromatic nitrogens is 2. The van der Waals surface area contributed by atoms with Gasteiger partial charge in [0.1, 0.15) is 11.6 Å². The van der Waals surface area contributed by atoms with Crippen LogP contribution in [0, 0.1) is 13.8 Å². The van der Waals surface area contributed by atoms with Gasteiger partial charge in [0.25, 0.3) is 5.91 Å². The SMILES string of the molecule is CCCN(Cc1nc2ccccc2n1-c1ccc(OC)cc1)C(=O)c1c(C)cc(Cl)cc1C. The lowest BCUT2D eigenvalue weighted by atomic mass is 10.0. The largest absolute Gasteiger partial charge is 0.497 e. The standard InChI is InChI=1S/C27H28ClN3O2/c1-5-14-30(27(32)26-18(2)15-20(28)16-19(26)3)17-25-29-23-8-6-7-9-24(23)31(25)21-10-12-22(33-4)13-11-21/h6-13,15-16H,5,14,17H2,1-4H3. The second kappa shape index (κ2) is 9.67. The Bertz CT molecular complexity index is 1270. The topological polar surface area (TPSA) is 47.4 Å². The summed E-state index contributed by atoms with van der Waals surface area (Å²) >= 11 is 6.21. The Kier molecular flexibility index (Phi) is 6.70. The Balaban J connectivity index is 1.78. The molecular weight excluding hydrogens is 434 g/mol. The van der Waals surface area contributed by atoms with Crippen molar-refractivity contribution in [2.75, 3.05) is 13.7 Å². The summed E-state index contributed by atoms with van der Waals surface area (Å²) in [4.78, 5) is 20.5. The summed E-state index contributed by atoms with van der Waals surface area (Å²) in [5, 5.41) is 0.643. The zero-order valence-electron chi connectivity index (χ0n) is 19.4. The van der Waals surface area contributed by atoms with Gasteiger partial charge in [-0.05, 0) is 79.9 Å². The third-order valence-corrected chi connectivity index (χ3v) is 6.00. The fourth-order valence-corrected chi connectivity index (χ4v) is 4.63. The van der Waals surface area contributed by atoms with Crippen LogP contribution in [0.15, 0.2) is 60.7 Å². The first-order valence-corrected chi connectivity index (χ1v) is 11.5. The van der Waals surface area contributed by atoms with Crippen LogP contribution in [0.25, 0.3) is 16.7 Å². The average Bonchev–Trinajstić information content (AvgIpc) is 3.16. The van der Waals surface area contributed by atoms with Gasteiger partial charge in [0, 0.05) is 22.8 Å². The van der Waals surface area contributed by atoms with E-state index in [9.17, 15) is 4.79 Å². The quantitative estimate of drug-likeness (QED) is 0.322. The molecule has 3 aromatic carbocycles. The normalized spacial score (nSPS) is 11.1. The van der Waals surface area contributed by atoms with Gasteiger partial charge >= 0.3 is 0 Å². The summed E-state index contributed by atoms with van der Waals surface area (Å²) in [7, 11) is 1.65. The zero-order chi connectivity index (χ0) is 23.5. The molecule has 0 aliphatic carbocycles. The number of rotatable bonds is 7. The summed E-state index contributed by atoms with van der Waals surface area (Å²) < 4.78 is 7.44. The predicted octanol–water partition coefficient (Wildman–Crippen LogP) is 6.36. The van der Waals surface area contributed by atoms with Crippen LogP contribution in [0.4, 0.5) is 0 Å². The molecule has 0 atom stereocenters. The minimum Gasteiger partial charge on any atom is -0.497 e. The van der Waals surface area contributed by atoms with E-state index in [4.69, 9.17) is 21.3 Å². The number of hydrogen-bond acceptors (Lipinski definition) is 3. The molecule has 0 bridgehead atoms. The van der Waals surface area contributed by atoms with Gasteiger partial charge in [0.05, 0.1) is 24.7 Å². The number of methoxy groups -OCH3 is 1. The number of imidazole rings is 1. The number of nitrogens with zero attached hydrogens (tertiary/aromatic N) is 3. The first-order chi connectivity index (χ1) is 15.9. The van der Waals surface area contributed by atoms with Crippen LogP contribution in [0.5, 0.6) is 5.75 Å². The van der Waals surface area contributed by atoms with Crippen molar-refractivity contribution in [1.29, 1.82) is 0 Å². The Hall–Kier alpha value is -3.31. The highest BCUT2D eigenvalue weighted by molar-refractivity contribution is 6.30. The maximum atomic E-state index is 13.7.